The van der Waals surface area contributed by atoms with Gasteiger partial charge in [-0.25, -0.2) is 4.39 Å². The Morgan fingerprint density at radius 2 is 1.86 bits per heavy atom. The van der Waals surface area contributed by atoms with Gasteiger partial charge in [-0.2, -0.15) is 0 Å². The monoisotopic (exact) mass is 285 g/mol. The van der Waals surface area contributed by atoms with Crippen LogP contribution in [0.1, 0.15) is 46.9 Å². The fraction of sp³-hybridized carbons (Fsp3) is 0.278. The van der Waals surface area contributed by atoms with E-state index in [9.17, 15) is 9.18 Å². The molecule has 1 unspecified atom stereocenters. The number of amides is 1. The standard InChI is InChI=1S/C18H20FNO/c1-4-14-6-8-15(9-7-14)13(3)20-18(21)16-10-5-12(2)11-17(16)19/h5-11,13H,4H2,1-3H3,(H,20,21). The van der Waals surface area contributed by atoms with E-state index in [1.165, 1.54) is 17.7 Å². The second kappa shape index (κ2) is 6.53. The van der Waals surface area contributed by atoms with Crippen LogP contribution in [-0.4, -0.2) is 5.91 Å². The third-order valence-corrected chi connectivity index (χ3v) is 3.60. The summed E-state index contributed by atoms with van der Waals surface area (Å²) in [6.07, 6.45) is 0.982. The lowest BCUT2D eigenvalue weighted by molar-refractivity contribution is 0.0936. The lowest BCUT2D eigenvalue weighted by atomic mass is 10.0. The third kappa shape index (κ3) is 3.69. The van der Waals surface area contributed by atoms with Gasteiger partial charge in [0.15, 0.2) is 0 Å². The quantitative estimate of drug-likeness (QED) is 0.896. The van der Waals surface area contributed by atoms with E-state index in [1.54, 1.807) is 13.0 Å². The number of aryl methyl sites for hydroxylation is 2. The van der Waals surface area contributed by atoms with Crippen molar-refractivity contribution in [3.05, 3.63) is 70.5 Å². The molecule has 2 rings (SSSR count). The average molecular weight is 285 g/mol. The van der Waals surface area contributed by atoms with Crippen molar-refractivity contribution in [2.75, 3.05) is 0 Å². The van der Waals surface area contributed by atoms with E-state index in [-0.39, 0.29) is 17.5 Å². The molecule has 2 aromatic carbocycles. The van der Waals surface area contributed by atoms with Crippen LogP contribution < -0.4 is 5.32 Å². The molecule has 0 heterocycles. The molecule has 0 radical (unpaired) electrons. The van der Waals surface area contributed by atoms with Crippen LogP contribution in [0.5, 0.6) is 0 Å². The van der Waals surface area contributed by atoms with Crippen molar-refractivity contribution >= 4 is 5.91 Å². The summed E-state index contributed by atoms with van der Waals surface area (Å²) in [4.78, 5) is 12.1. The van der Waals surface area contributed by atoms with Gasteiger partial charge in [0.05, 0.1) is 11.6 Å². The molecule has 110 valence electrons. The maximum Gasteiger partial charge on any atom is 0.254 e. The molecule has 0 saturated heterocycles. The molecular formula is C18H20FNO. The average Bonchev–Trinajstić information content (AvgIpc) is 2.47. The summed E-state index contributed by atoms with van der Waals surface area (Å²) < 4.78 is 13.8. The van der Waals surface area contributed by atoms with Crippen molar-refractivity contribution < 1.29 is 9.18 Å². The van der Waals surface area contributed by atoms with Crippen LogP contribution in [0.25, 0.3) is 0 Å². The van der Waals surface area contributed by atoms with Gasteiger partial charge in [-0.15, -0.1) is 0 Å². The summed E-state index contributed by atoms with van der Waals surface area (Å²) in [5.74, 6) is -0.874. The number of rotatable bonds is 4. The highest BCUT2D eigenvalue weighted by molar-refractivity contribution is 5.94. The molecule has 0 aliphatic rings. The number of benzene rings is 2. The summed E-state index contributed by atoms with van der Waals surface area (Å²) in [6.45, 7) is 5.79. The zero-order valence-electron chi connectivity index (χ0n) is 12.6. The summed E-state index contributed by atoms with van der Waals surface area (Å²) in [5.41, 5.74) is 3.14. The molecule has 0 aliphatic carbocycles. The minimum Gasteiger partial charge on any atom is -0.345 e. The van der Waals surface area contributed by atoms with Gasteiger partial charge >= 0.3 is 0 Å². The smallest absolute Gasteiger partial charge is 0.254 e. The highest BCUT2D eigenvalue weighted by atomic mass is 19.1. The lowest BCUT2D eigenvalue weighted by Crippen LogP contribution is -2.27. The van der Waals surface area contributed by atoms with Crippen LogP contribution >= 0.6 is 0 Å². The first kappa shape index (κ1) is 15.2. The molecule has 1 atom stereocenters. The summed E-state index contributed by atoms with van der Waals surface area (Å²) in [6, 6.07) is 12.5. The molecule has 0 bridgehead atoms. The van der Waals surface area contributed by atoms with E-state index in [4.69, 9.17) is 0 Å². The van der Waals surface area contributed by atoms with Crippen LogP contribution in [0.2, 0.25) is 0 Å². The van der Waals surface area contributed by atoms with Crippen LogP contribution in [0.4, 0.5) is 4.39 Å². The van der Waals surface area contributed by atoms with Gasteiger partial charge in [-0.1, -0.05) is 37.3 Å². The van der Waals surface area contributed by atoms with Crippen molar-refractivity contribution in [1.29, 1.82) is 0 Å². The Kier molecular flexibility index (Phi) is 4.73. The Morgan fingerprint density at radius 3 is 2.43 bits per heavy atom. The largest absolute Gasteiger partial charge is 0.345 e. The lowest BCUT2D eigenvalue weighted by Gasteiger charge is -2.15. The summed E-state index contributed by atoms with van der Waals surface area (Å²) in [7, 11) is 0. The minimum absolute atomic E-state index is 0.0811. The van der Waals surface area contributed by atoms with Gasteiger partial charge in [0.2, 0.25) is 0 Å². The Labute approximate surface area is 125 Å². The Hall–Kier alpha value is -2.16. The van der Waals surface area contributed by atoms with Crippen molar-refractivity contribution in [2.24, 2.45) is 0 Å². The molecule has 0 spiro atoms. The predicted molar refractivity (Wildman–Crippen MR) is 82.8 cm³/mol. The minimum atomic E-state index is -0.485. The van der Waals surface area contributed by atoms with Gasteiger partial charge in [0, 0.05) is 0 Å². The number of carbonyl (C=O) groups is 1. The van der Waals surface area contributed by atoms with Crippen molar-refractivity contribution in [3.63, 3.8) is 0 Å². The van der Waals surface area contributed by atoms with E-state index in [1.807, 2.05) is 31.2 Å². The maximum absolute atomic E-state index is 13.8. The fourth-order valence-corrected chi connectivity index (χ4v) is 2.20. The fourth-order valence-electron chi connectivity index (χ4n) is 2.20. The number of hydrogen-bond acceptors (Lipinski definition) is 1. The van der Waals surface area contributed by atoms with Crippen LogP contribution in [-0.2, 0) is 6.42 Å². The zero-order chi connectivity index (χ0) is 15.4. The Bertz CT molecular complexity index is 634. The number of nitrogens with one attached hydrogen (secondary N) is 1. The second-order valence-electron chi connectivity index (χ2n) is 5.27. The van der Waals surface area contributed by atoms with Crippen molar-refractivity contribution in [2.45, 2.75) is 33.2 Å². The first-order valence-corrected chi connectivity index (χ1v) is 7.17. The van der Waals surface area contributed by atoms with Crippen LogP contribution in [0.3, 0.4) is 0 Å². The molecule has 3 heteroatoms. The number of carbonyl (C=O) groups excluding carboxylic acids is 1. The van der Waals surface area contributed by atoms with E-state index >= 15 is 0 Å². The number of halogens is 1. The first-order chi connectivity index (χ1) is 10.0. The van der Waals surface area contributed by atoms with Gasteiger partial charge < -0.3 is 5.32 Å². The normalized spacial score (nSPS) is 12.0. The Morgan fingerprint density at radius 1 is 1.19 bits per heavy atom. The molecule has 21 heavy (non-hydrogen) atoms. The van der Waals surface area contributed by atoms with E-state index in [2.05, 4.69) is 12.2 Å². The van der Waals surface area contributed by atoms with Crippen LogP contribution in [0, 0.1) is 12.7 Å². The Balaban J connectivity index is 2.10. The van der Waals surface area contributed by atoms with E-state index in [0.717, 1.165) is 17.5 Å². The molecule has 1 amide bonds. The van der Waals surface area contributed by atoms with Crippen molar-refractivity contribution in [1.82, 2.24) is 5.32 Å². The summed E-state index contributed by atoms with van der Waals surface area (Å²) in [5, 5.41) is 2.83. The van der Waals surface area contributed by atoms with E-state index in [0.29, 0.717) is 0 Å². The maximum atomic E-state index is 13.8. The van der Waals surface area contributed by atoms with Gasteiger partial charge in [-0.05, 0) is 49.1 Å². The van der Waals surface area contributed by atoms with Gasteiger partial charge in [0.1, 0.15) is 5.82 Å². The molecule has 0 aliphatic heterocycles. The van der Waals surface area contributed by atoms with E-state index < -0.39 is 5.82 Å². The molecule has 1 N–H and O–H groups in total. The first-order valence-electron chi connectivity index (χ1n) is 7.17. The highest BCUT2D eigenvalue weighted by Crippen LogP contribution is 2.16. The molecular weight excluding hydrogens is 265 g/mol. The third-order valence-electron chi connectivity index (χ3n) is 3.60. The summed E-state index contributed by atoms with van der Waals surface area (Å²) >= 11 is 0. The molecule has 0 saturated carbocycles. The topological polar surface area (TPSA) is 29.1 Å². The van der Waals surface area contributed by atoms with Gasteiger partial charge in [0.25, 0.3) is 5.91 Å². The zero-order valence-corrected chi connectivity index (χ0v) is 12.6. The molecule has 2 aromatic rings. The van der Waals surface area contributed by atoms with Crippen molar-refractivity contribution in [3.8, 4) is 0 Å². The number of hydrogen-bond donors (Lipinski definition) is 1. The predicted octanol–water partition coefficient (Wildman–Crippen LogP) is 4.19. The van der Waals surface area contributed by atoms with Gasteiger partial charge in [-0.3, -0.25) is 4.79 Å². The highest BCUT2D eigenvalue weighted by Gasteiger charge is 2.15. The van der Waals surface area contributed by atoms with Crippen LogP contribution in [0.15, 0.2) is 42.5 Å². The molecule has 0 aromatic heterocycles. The molecule has 0 fully saturated rings. The SMILES string of the molecule is CCc1ccc(C(C)NC(=O)c2ccc(C)cc2F)cc1. The molecule has 2 nitrogen and oxygen atoms in total. The second-order valence-corrected chi connectivity index (χ2v) is 5.27.